The lowest BCUT2D eigenvalue weighted by Crippen LogP contribution is -2.34. The quantitative estimate of drug-likeness (QED) is 0.533. The van der Waals surface area contributed by atoms with Crippen LogP contribution in [-0.2, 0) is 11.0 Å². The molecule has 0 spiro atoms. The van der Waals surface area contributed by atoms with Crippen molar-refractivity contribution in [2.75, 3.05) is 33.4 Å². The molecule has 9 heteroatoms. The van der Waals surface area contributed by atoms with Gasteiger partial charge in [0.15, 0.2) is 0 Å². The van der Waals surface area contributed by atoms with E-state index in [4.69, 9.17) is 10.2 Å². The number of hydrogen-bond donors (Lipinski definition) is 1. The van der Waals surface area contributed by atoms with E-state index in [1.165, 1.54) is 16.8 Å². The normalized spacial score (nSPS) is 14.9. The fourth-order valence-corrected chi connectivity index (χ4v) is 3.12. The molecule has 0 aromatic carbocycles. The Morgan fingerprint density at radius 2 is 2.27 bits per heavy atom. The van der Waals surface area contributed by atoms with Gasteiger partial charge in [0.2, 0.25) is 0 Å². The number of hydrogen-bond acceptors (Lipinski definition) is 6. The number of nitro groups is 1. The maximum atomic E-state index is 12.2. The zero-order valence-electron chi connectivity index (χ0n) is 13.0. The summed E-state index contributed by atoms with van der Waals surface area (Å²) in [5, 5.41) is 10.8. The minimum atomic E-state index is -1.48. The van der Waals surface area contributed by atoms with Crippen molar-refractivity contribution in [1.82, 2.24) is 9.21 Å². The van der Waals surface area contributed by atoms with Crippen LogP contribution in [0.25, 0.3) is 0 Å². The molecule has 8 nitrogen and oxygen atoms in total. The molecule has 1 aromatic rings. The van der Waals surface area contributed by atoms with Gasteiger partial charge in [-0.1, -0.05) is 0 Å². The molecular formula is C13H22N4O4S. The Morgan fingerprint density at radius 1 is 1.59 bits per heavy atom. The third kappa shape index (κ3) is 5.24. The van der Waals surface area contributed by atoms with E-state index in [0.717, 1.165) is 6.20 Å². The number of furan rings is 1. The van der Waals surface area contributed by atoms with Gasteiger partial charge >= 0.3 is 0 Å². The van der Waals surface area contributed by atoms with Crippen LogP contribution in [0, 0.1) is 10.1 Å². The molecule has 0 saturated carbocycles. The summed E-state index contributed by atoms with van der Waals surface area (Å²) in [6, 6.07) is 3.10. The Morgan fingerprint density at radius 3 is 2.68 bits per heavy atom. The first-order valence-electron chi connectivity index (χ1n) is 6.72. The van der Waals surface area contributed by atoms with Gasteiger partial charge in [0.05, 0.1) is 11.2 Å². The Labute approximate surface area is 132 Å². The van der Waals surface area contributed by atoms with Gasteiger partial charge in [-0.25, -0.2) is 4.21 Å². The van der Waals surface area contributed by atoms with Gasteiger partial charge in [0.25, 0.3) is 6.20 Å². The molecule has 0 radical (unpaired) electrons. The van der Waals surface area contributed by atoms with Crippen LogP contribution < -0.4 is 5.73 Å². The maximum Gasteiger partial charge on any atom is 0.255 e. The summed E-state index contributed by atoms with van der Waals surface area (Å²) in [5.41, 5.74) is 5.82. The second kappa shape index (κ2) is 8.66. The first kappa shape index (κ1) is 18.3. The van der Waals surface area contributed by atoms with Crippen LogP contribution in [0.5, 0.6) is 0 Å². The van der Waals surface area contributed by atoms with Gasteiger partial charge in [0.1, 0.15) is 28.5 Å². The van der Waals surface area contributed by atoms with Crippen molar-refractivity contribution in [3.8, 4) is 0 Å². The Balaban J connectivity index is 3.20. The third-order valence-corrected chi connectivity index (χ3v) is 4.07. The first-order valence-corrected chi connectivity index (χ1v) is 8.23. The predicted octanol–water partition coefficient (Wildman–Crippen LogP) is 0.945. The van der Waals surface area contributed by atoms with Crippen LogP contribution >= 0.6 is 0 Å². The van der Waals surface area contributed by atoms with Gasteiger partial charge < -0.3 is 15.1 Å². The fraction of sp³-hybridized carbons (Fsp3) is 0.538. The smallest absolute Gasteiger partial charge is 0.255 e. The molecule has 2 atom stereocenters. The Hall–Kier alpha value is -1.71. The zero-order valence-corrected chi connectivity index (χ0v) is 13.8. The largest absolute Gasteiger partial charge is 0.467 e. The molecular weight excluding hydrogens is 308 g/mol. The Bertz CT molecular complexity index is 530. The van der Waals surface area contributed by atoms with Crippen molar-refractivity contribution in [2.45, 2.75) is 12.5 Å². The summed E-state index contributed by atoms with van der Waals surface area (Å²) >= 11 is 0. The fourth-order valence-electron chi connectivity index (χ4n) is 2.10. The van der Waals surface area contributed by atoms with Crippen LogP contribution in [0.4, 0.5) is 0 Å². The average Bonchev–Trinajstić information content (AvgIpc) is 2.94. The lowest BCUT2D eigenvalue weighted by molar-refractivity contribution is -0.404. The summed E-state index contributed by atoms with van der Waals surface area (Å²) in [6.45, 7) is 0.620. The second-order valence-electron chi connectivity index (χ2n) is 4.98. The van der Waals surface area contributed by atoms with Gasteiger partial charge in [0, 0.05) is 12.8 Å². The van der Waals surface area contributed by atoms with Gasteiger partial charge in [-0.2, -0.15) is 0 Å². The molecule has 124 valence electrons. The van der Waals surface area contributed by atoms with Crippen molar-refractivity contribution in [1.29, 1.82) is 0 Å². The summed E-state index contributed by atoms with van der Waals surface area (Å²) in [6.07, 6.45) is 4.38. The average molecular weight is 330 g/mol. The minimum absolute atomic E-state index is 0.0836. The van der Waals surface area contributed by atoms with E-state index in [2.05, 4.69) is 0 Å². The molecule has 0 fully saturated rings. The van der Waals surface area contributed by atoms with E-state index < -0.39 is 22.0 Å². The topological polar surface area (TPSA) is 106 Å². The molecule has 0 saturated heterocycles. The van der Waals surface area contributed by atoms with E-state index in [0.29, 0.717) is 18.7 Å². The van der Waals surface area contributed by atoms with Crippen LogP contribution in [0.15, 0.2) is 34.7 Å². The lowest BCUT2D eigenvalue weighted by atomic mass is 10.1. The summed E-state index contributed by atoms with van der Waals surface area (Å²) in [5.74, 6) is 0.597. The SMILES string of the molecule is CN(C)CCC(c1ccco1)N(C(=C[N+](=O)[O-])CN)S(C)=O. The lowest BCUT2D eigenvalue weighted by Gasteiger charge is -2.30. The van der Waals surface area contributed by atoms with Crippen molar-refractivity contribution in [3.05, 3.63) is 46.2 Å². The molecule has 0 amide bonds. The Kier molecular flexibility index (Phi) is 7.22. The van der Waals surface area contributed by atoms with Crippen molar-refractivity contribution in [2.24, 2.45) is 5.73 Å². The molecule has 0 aliphatic rings. The molecule has 1 rings (SSSR count). The highest BCUT2D eigenvalue weighted by atomic mass is 32.2. The minimum Gasteiger partial charge on any atom is -0.467 e. The van der Waals surface area contributed by atoms with E-state index in [1.54, 1.807) is 12.1 Å². The van der Waals surface area contributed by atoms with Gasteiger partial charge in [-0.05, 0) is 39.2 Å². The first-order chi connectivity index (χ1) is 10.4. The van der Waals surface area contributed by atoms with Gasteiger partial charge in [-0.15, -0.1) is 0 Å². The van der Waals surface area contributed by atoms with E-state index in [1.807, 2.05) is 19.0 Å². The maximum absolute atomic E-state index is 12.2. The van der Waals surface area contributed by atoms with Crippen LogP contribution in [0.2, 0.25) is 0 Å². The predicted molar refractivity (Wildman–Crippen MR) is 84.7 cm³/mol. The number of rotatable bonds is 9. The molecule has 1 aromatic heterocycles. The number of nitrogens with two attached hydrogens (primary N) is 1. The third-order valence-electron chi connectivity index (χ3n) is 3.03. The van der Waals surface area contributed by atoms with Crippen molar-refractivity contribution < 1.29 is 13.5 Å². The number of nitrogens with zero attached hydrogens (tertiary/aromatic N) is 3. The van der Waals surface area contributed by atoms with E-state index in [-0.39, 0.29) is 12.2 Å². The highest BCUT2D eigenvalue weighted by molar-refractivity contribution is 7.82. The zero-order chi connectivity index (χ0) is 16.7. The second-order valence-corrected chi connectivity index (χ2v) is 6.22. The summed E-state index contributed by atoms with van der Waals surface area (Å²) < 4.78 is 19.0. The summed E-state index contributed by atoms with van der Waals surface area (Å²) in [7, 11) is 2.36. The molecule has 0 aliphatic carbocycles. The summed E-state index contributed by atoms with van der Waals surface area (Å²) in [4.78, 5) is 12.2. The molecule has 0 bridgehead atoms. The molecule has 2 unspecified atom stereocenters. The molecule has 1 heterocycles. The molecule has 22 heavy (non-hydrogen) atoms. The van der Waals surface area contributed by atoms with Crippen molar-refractivity contribution >= 4 is 11.0 Å². The van der Waals surface area contributed by atoms with Crippen LogP contribution in [-0.4, -0.2) is 51.8 Å². The van der Waals surface area contributed by atoms with Crippen LogP contribution in [0.1, 0.15) is 18.2 Å². The van der Waals surface area contributed by atoms with E-state index >= 15 is 0 Å². The van der Waals surface area contributed by atoms with E-state index in [9.17, 15) is 14.3 Å². The standard InChI is InChI=1S/C13H22N4O4S/c1-15(2)7-6-12(13-5-4-8-21-13)17(22(3)20)11(9-14)10-16(18)19/h4-5,8,10,12H,6-7,9,14H2,1-3H3. The highest BCUT2D eigenvalue weighted by Crippen LogP contribution is 2.29. The molecule has 0 aliphatic heterocycles. The van der Waals surface area contributed by atoms with Crippen LogP contribution in [0.3, 0.4) is 0 Å². The van der Waals surface area contributed by atoms with Gasteiger partial charge in [-0.3, -0.25) is 14.4 Å². The monoisotopic (exact) mass is 330 g/mol. The highest BCUT2D eigenvalue weighted by Gasteiger charge is 2.28. The van der Waals surface area contributed by atoms with Crippen molar-refractivity contribution in [3.63, 3.8) is 0 Å². The molecule has 2 N–H and O–H groups in total.